The summed E-state index contributed by atoms with van der Waals surface area (Å²) in [4.78, 5) is 0. The van der Waals surface area contributed by atoms with E-state index in [9.17, 15) is 0 Å². The highest BCUT2D eigenvalue weighted by molar-refractivity contribution is 4.75. The Bertz CT molecular complexity index is 125. The Morgan fingerprint density at radius 3 is 2.55 bits per heavy atom. The average Bonchev–Trinajstić information content (AvgIpc) is 2.03. The molecule has 1 atom stereocenters. The molecule has 0 saturated carbocycles. The molecule has 0 amide bonds. The molecule has 11 heavy (non-hydrogen) atoms. The quantitative estimate of drug-likeness (QED) is 0.339. The molecule has 0 spiro atoms. The second kappa shape index (κ2) is 3.04. The summed E-state index contributed by atoms with van der Waals surface area (Å²) in [5.74, 6) is -2.48. The maximum Gasteiger partial charge on any atom is 0.274 e. The monoisotopic (exact) mass is 163 g/mol. The van der Waals surface area contributed by atoms with Crippen molar-refractivity contribution in [2.24, 2.45) is 0 Å². The maximum atomic E-state index is 9.09. The third-order valence-corrected chi connectivity index (χ3v) is 1.92. The van der Waals surface area contributed by atoms with Crippen LogP contribution in [0.25, 0.3) is 0 Å². The van der Waals surface area contributed by atoms with Crippen molar-refractivity contribution in [1.29, 1.82) is 0 Å². The van der Waals surface area contributed by atoms with Gasteiger partial charge in [-0.05, 0) is 19.3 Å². The molecular formula is C6H13NO4. The Morgan fingerprint density at radius 2 is 1.91 bits per heavy atom. The average molecular weight is 163 g/mol. The maximum absolute atomic E-state index is 9.09. The van der Waals surface area contributed by atoms with Gasteiger partial charge in [-0.15, -0.1) is 5.06 Å². The van der Waals surface area contributed by atoms with E-state index in [4.69, 9.17) is 20.5 Å². The lowest BCUT2D eigenvalue weighted by Gasteiger charge is -2.31. The van der Waals surface area contributed by atoms with Crippen LogP contribution in [0.4, 0.5) is 0 Å². The van der Waals surface area contributed by atoms with Crippen molar-refractivity contribution in [2.75, 3.05) is 6.54 Å². The number of hydrogen-bond donors (Lipinski definition) is 4. The molecule has 1 aliphatic rings. The molecule has 1 fully saturated rings. The molecule has 5 nitrogen and oxygen atoms in total. The van der Waals surface area contributed by atoms with E-state index in [1.165, 1.54) is 0 Å². The Labute approximate surface area is 64.4 Å². The number of hydrogen-bond acceptors (Lipinski definition) is 5. The van der Waals surface area contributed by atoms with Gasteiger partial charge in [-0.25, -0.2) is 0 Å². The molecule has 0 bridgehead atoms. The predicted octanol–water partition coefficient (Wildman–Crippen LogP) is -1.14. The van der Waals surface area contributed by atoms with Gasteiger partial charge in [0.05, 0.1) is 0 Å². The summed E-state index contributed by atoms with van der Waals surface area (Å²) in [5.41, 5.74) is 0. The van der Waals surface area contributed by atoms with Gasteiger partial charge in [0.25, 0.3) is 5.91 Å². The van der Waals surface area contributed by atoms with Crippen molar-refractivity contribution in [3.8, 4) is 0 Å². The van der Waals surface area contributed by atoms with Crippen LogP contribution in [0.5, 0.6) is 0 Å². The normalized spacial score (nSPS) is 33.3. The highest BCUT2D eigenvalue weighted by Crippen LogP contribution is 2.20. The Morgan fingerprint density at radius 1 is 1.27 bits per heavy atom. The molecule has 1 aliphatic heterocycles. The Hall–Kier alpha value is -0.200. The van der Waals surface area contributed by atoms with E-state index in [0.717, 1.165) is 0 Å². The van der Waals surface area contributed by atoms with Gasteiger partial charge in [-0.2, -0.15) is 0 Å². The topological polar surface area (TPSA) is 84.2 Å². The zero-order valence-corrected chi connectivity index (χ0v) is 6.14. The highest BCUT2D eigenvalue weighted by atomic mass is 16.6. The van der Waals surface area contributed by atoms with Gasteiger partial charge >= 0.3 is 0 Å². The summed E-state index contributed by atoms with van der Waals surface area (Å²) in [5, 5.41) is 36.6. The lowest BCUT2D eigenvalue weighted by Crippen LogP contribution is -2.54. The third-order valence-electron chi connectivity index (χ3n) is 1.92. The molecule has 66 valence electrons. The van der Waals surface area contributed by atoms with Crippen molar-refractivity contribution < 1.29 is 20.5 Å². The minimum atomic E-state index is -2.48. The van der Waals surface area contributed by atoms with Crippen molar-refractivity contribution >= 4 is 0 Å². The van der Waals surface area contributed by atoms with Crippen molar-refractivity contribution in [1.82, 2.24) is 5.06 Å². The Balaban J connectivity index is 2.67. The van der Waals surface area contributed by atoms with E-state index in [-0.39, 0.29) is 6.54 Å². The second-order valence-corrected chi connectivity index (χ2v) is 2.82. The molecule has 0 aliphatic carbocycles. The largest absolute Gasteiger partial charge is 0.386 e. The summed E-state index contributed by atoms with van der Waals surface area (Å²) in [6.45, 7) is 0.171. The van der Waals surface area contributed by atoms with Crippen LogP contribution in [0, 0.1) is 0 Å². The zero-order valence-electron chi connectivity index (χ0n) is 6.14. The van der Waals surface area contributed by atoms with Crippen LogP contribution in [0.15, 0.2) is 0 Å². The van der Waals surface area contributed by atoms with Crippen LogP contribution in [-0.2, 0) is 0 Å². The van der Waals surface area contributed by atoms with E-state index in [1.807, 2.05) is 0 Å². The third kappa shape index (κ3) is 1.69. The second-order valence-electron chi connectivity index (χ2n) is 2.82. The van der Waals surface area contributed by atoms with Crippen LogP contribution in [-0.4, -0.2) is 44.1 Å². The van der Waals surface area contributed by atoms with Crippen LogP contribution < -0.4 is 0 Å². The van der Waals surface area contributed by atoms with Crippen molar-refractivity contribution in [3.63, 3.8) is 0 Å². The fourth-order valence-corrected chi connectivity index (χ4v) is 1.13. The van der Waals surface area contributed by atoms with Gasteiger partial charge in [0.2, 0.25) is 0 Å². The van der Waals surface area contributed by atoms with Gasteiger partial charge in [-0.1, -0.05) is 0 Å². The van der Waals surface area contributed by atoms with E-state index in [1.54, 1.807) is 0 Å². The molecule has 5 heteroatoms. The lowest BCUT2D eigenvalue weighted by molar-refractivity contribution is -0.388. The summed E-state index contributed by atoms with van der Waals surface area (Å²) < 4.78 is 0. The van der Waals surface area contributed by atoms with E-state index in [0.29, 0.717) is 24.3 Å². The molecule has 1 heterocycles. The first kappa shape index (κ1) is 8.89. The summed E-state index contributed by atoms with van der Waals surface area (Å²) in [6.07, 6.45) is 0.330. The van der Waals surface area contributed by atoms with Crippen LogP contribution in [0.3, 0.4) is 0 Å². The van der Waals surface area contributed by atoms with Gasteiger partial charge in [0.15, 0.2) is 0 Å². The SMILES string of the molecule is O[C@H]1CCCCN(O)C1(O)O. The number of nitrogens with zero attached hydrogens (tertiary/aromatic N) is 1. The van der Waals surface area contributed by atoms with E-state index < -0.39 is 12.0 Å². The minimum absolute atomic E-state index is 0.171. The first-order chi connectivity index (χ1) is 5.05. The number of aliphatic hydroxyl groups excluding tert-OH is 1. The molecular weight excluding hydrogens is 150 g/mol. The first-order valence-corrected chi connectivity index (χ1v) is 3.64. The molecule has 0 radical (unpaired) electrons. The van der Waals surface area contributed by atoms with Crippen LogP contribution in [0.1, 0.15) is 19.3 Å². The fraction of sp³-hybridized carbons (Fsp3) is 1.00. The van der Waals surface area contributed by atoms with E-state index in [2.05, 4.69) is 0 Å². The standard InChI is InChI=1S/C6H13NO4/c8-5-3-1-2-4-7(11)6(5,9)10/h5,8-11H,1-4H2/t5-/m0/s1. The van der Waals surface area contributed by atoms with Gasteiger partial charge in [0, 0.05) is 6.54 Å². The fourth-order valence-electron chi connectivity index (χ4n) is 1.13. The van der Waals surface area contributed by atoms with Crippen molar-refractivity contribution in [2.45, 2.75) is 31.3 Å². The smallest absolute Gasteiger partial charge is 0.274 e. The summed E-state index contributed by atoms with van der Waals surface area (Å²) in [6, 6.07) is 0. The summed E-state index contributed by atoms with van der Waals surface area (Å²) in [7, 11) is 0. The summed E-state index contributed by atoms with van der Waals surface area (Å²) >= 11 is 0. The zero-order chi connectivity index (χ0) is 8.48. The molecule has 1 saturated heterocycles. The number of aliphatic hydroxyl groups is 3. The predicted molar refractivity (Wildman–Crippen MR) is 35.5 cm³/mol. The lowest BCUT2D eigenvalue weighted by atomic mass is 10.1. The van der Waals surface area contributed by atoms with Crippen LogP contribution >= 0.6 is 0 Å². The molecule has 0 aromatic carbocycles. The first-order valence-electron chi connectivity index (χ1n) is 3.64. The number of hydroxylamine groups is 2. The highest BCUT2D eigenvalue weighted by Gasteiger charge is 2.40. The van der Waals surface area contributed by atoms with Crippen molar-refractivity contribution in [3.05, 3.63) is 0 Å². The van der Waals surface area contributed by atoms with E-state index >= 15 is 0 Å². The van der Waals surface area contributed by atoms with Gasteiger partial charge in [0.1, 0.15) is 6.10 Å². The molecule has 0 unspecified atom stereocenters. The molecule has 0 aromatic rings. The number of rotatable bonds is 0. The molecule has 0 aromatic heterocycles. The Kier molecular flexibility index (Phi) is 2.46. The molecule has 1 rings (SSSR count). The molecule has 4 N–H and O–H groups in total. The van der Waals surface area contributed by atoms with Crippen LogP contribution in [0.2, 0.25) is 0 Å². The van der Waals surface area contributed by atoms with Gasteiger partial charge < -0.3 is 20.5 Å². The minimum Gasteiger partial charge on any atom is -0.386 e. The van der Waals surface area contributed by atoms with Gasteiger partial charge in [-0.3, -0.25) is 0 Å².